The minimum absolute atomic E-state index is 0.162. The van der Waals surface area contributed by atoms with Crippen molar-refractivity contribution in [2.45, 2.75) is 30.3 Å². The third kappa shape index (κ3) is 3.15. The van der Waals surface area contributed by atoms with Crippen molar-refractivity contribution in [2.75, 3.05) is 20.2 Å². The number of sulfonamides is 1. The van der Waals surface area contributed by atoms with Crippen LogP contribution in [0, 0.1) is 6.92 Å². The number of benzene rings is 2. The zero-order valence-corrected chi connectivity index (χ0v) is 19.4. The molecule has 2 aromatic carbocycles. The van der Waals surface area contributed by atoms with Gasteiger partial charge < -0.3 is 9.64 Å². The predicted molar refractivity (Wildman–Crippen MR) is 121 cm³/mol. The van der Waals surface area contributed by atoms with Gasteiger partial charge in [0.2, 0.25) is 10.0 Å². The first-order valence-electron chi connectivity index (χ1n) is 10.3. The van der Waals surface area contributed by atoms with Crippen LogP contribution in [0.4, 0.5) is 0 Å². The maximum Gasteiger partial charge on any atom is 0.257 e. The van der Waals surface area contributed by atoms with Gasteiger partial charge >= 0.3 is 0 Å². The summed E-state index contributed by atoms with van der Waals surface area (Å²) >= 11 is 1.50. The molecule has 9 heteroatoms. The number of thiazole rings is 1. The molecule has 5 rings (SSSR count). The summed E-state index contributed by atoms with van der Waals surface area (Å²) in [6.07, 6.45) is 0.521. The molecule has 0 N–H and O–H groups in total. The summed E-state index contributed by atoms with van der Waals surface area (Å²) < 4.78 is 34.1. The van der Waals surface area contributed by atoms with Crippen LogP contribution in [0.2, 0.25) is 0 Å². The Kier molecular flexibility index (Phi) is 5.07. The van der Waals surface area contributed by atoms with Crippen molar-refractivity contribution in [3.05, 3.63) is 75.7 Å². The van der Waals surface area contributed by atoms with Crippen molar-refractivity contribution in [1.82, 2.24) is 14.2 Å². The van der Waals surface area contributed by atoms with Crippen LogP contribution in [-0.4, -0.2) is 48.7 Å². The summed E-state index contributed by atoms with van der Waals surface area (Å²) in [6.45, 7) is 2.81. The van der Waals surface area contributed by atoms with Crippen molar-refractivity contribution < 1.29 is 17.9 Å². The molecule has 1 fully saturated rings. The number of hydrogen-bond acceptors (Lipinski definition) is 6. The lowest BCUT2D eigenvalue weighted by Crippen LogP contribution is -2.46. The maximum absolute atomic E-state index is 13.6. The van der Waals surface area contributed by atoms with E-state index in [1.165, 1.54) is 18.4 Å². The molecular formula is C23H23N3O4S2. The van der Waals surface area contributed by atoms with Crippen LogP contribution < -0.4 is 4.74 Å². The summed E-state index contributed by atoms with van der Waals surface area (Å²) in [5.41, 5.74) is 1.13. The van der Waals surface area contributed by atoms with Crippen molar-refractivity contribution in [3.63, 3.8) is 0 Å². The minimum atomic E-state index is -3.72. The fourth-order valence-electron chi connectivity index (χ4n) is 4.81. The lowest BCUT2D eigenvalue weighted by molar-refractivity contribution is 0.0759. The third-order valence-electron chi connectivity index (χ3n) is 6.28. The second kappa shape index (κ2) is 7.68. The number of likely N-dealkylation sites (tertiary alicyclic amines) is 1. The second-order valence-corrected chi connectivity index (χ2v) is 11.0. The average Bonchev–Trinajstić information content (AvgIpc) is 3.47. The molecule has 7 nitrogen and oxygen atoms in total. The van der Waals surface area contributed by atoms with E-state index in [4.69, 9.17) is 4.74 Å². The number of aromatic nitrogens is 1. The molecule has 0 unspecified atom stereocenters. The smallest absolute Gasteiger partial charge is 0.257 e. The molecule has 32 heavy (non-hydrogen) atoms. The fraction of sp³-hybridized carbons (Fsp3) is 0.304. The Morgan fingerprint density at radius 1 is 1.19 bits per heavy atom. The van der Waals surface area contributed by atoms with Gasteiger partial charge in [-0.15, -0.1) is 11.3 Å². The van der Waals surface area contributed by atoms with E-state index in [2.05, 4.69) is 4.98 Å². The zero-order chi connectivity index (χ0) is 22.5. The van der Waals surface area contributed by atoms with Crippen LogP contribution in [0.1, 0.15) is 33.0 Å². The van der Waals surface area contributed by atoms with Gasteiger partial charge in [-0.25, -0.2) is 13.4 Å². The van der Waals surface area contributed by atoms with Gasteiger partial charge in [0, 0.05) is 18.5 Å². The van der Waals surface area contributed by atoms with Gasteiger partial charge in [-0.1, -0.05) is 30.3 Å². The van der Waals surface area contributed by atoms with E-state index in [1.807, 2.05) is 30.5 Å². The summed E-state index contributed by atoms with van der Waals surface area (Å²) in [5, 5.41) is 2.79. The molecule has 0 saturated carbocycles. The highest BCUT2D eigenvalue weighted by Crippen LogP contribution is 2.50. The molecule has 1 saturated heterocycles. The Hall–Kier alpha value is -2.75. The number of rotatable bonds is 4. The van der Waals surface area contributed by atoms with Crippen molar-refractivity contribution in [2.24, 2.45) is 0 Å². The molecule has 166 valence electrons. The van der Waals surface area contributed by atoms with Gasteiger partial charge in [0.1, 0.15) is 5.75 Å². The second-order valence-electron chi connectivity index (χ2n) is 8.07. The van der Waals surface area contributed by atoms with Crippen LogP contribution >= 0.6 is 11.3 Å². The van der Waals surface area contributed by atoms with Gasteiger partial charge in [-0.3, -0.25) is 4.79 Å². The quantitative estimate of drug-likeness (QED) is 0.585. The van der Waals surface area contributed by atoms with Gasteiger partial charge in [0.05, 0.1) is 40.4 Å². The number of ether oxygens (including phenoxy) is 1. The average molecular weight is 470 g/mol. The highest BCUT2D eigenvalue weighted by atomic mass is 32.2. The van der Waals surface area contributed by atoms with Crippen molar-refractivity contribution in [1.29, 1.82) is 0 Å². The van der Waals surface area contributed by atoms with Gasteiger partial charge in [-0.05, 0) is 37.1 Å². The molecule has 1 amide bonds. The van der Waals surface area contributed by atoms with Gasteiger partial charge in [0.25, 0.3) is 5.91 Å². The summed E-state index contributed by atoms with van der Waals surface area (Å²) in [4.78, 5) is 19.9. The Bertz CT molecular complexity index is 1300. The first-order chi connectivity index (χ1) is 15.4. The minimum Gasteiger partial charge on any atom is -0.496 e. The lowest BCUT2D eigenvalue weighted by atomic mass is 9.89. The Labute approximate surface area is 191 Å². The molecule has 2 aliphatic rings. The monoisotopic (exact) mass is 469 g/mol. The largest absolute Gasteiger partial charge is 0.496 e. The number of nitrogens with zero attached hydrogens (tertiary/aromatic N) is 3. The normalized spacial score (nSPS) is 21.8. The Morgan fingerprint density at radius 2 is 1.94 bits per heavy atom. The molecule has 1 aromatic heterocycles. The standard InChI is InChI=1S/C23H23N3O4S2/c1-16-24-17(14-31-16)13-26-23(19-8-4-6-10-21(19)32(26,28)29)11-12-25(15-23)22(27)18-7-3-5-9-20(18)30-2/h3-10,14H,11-13,15H2,1-2H3/t23-/m0/s1. The molecule has 2 aliphatic heterocycles. The highest BCUT2D eigenvalue weighted by Gasteiger charge is 2.57. The number of carbonyl (C=O) groups excluding carboxylic acids is 1. The molecule has 3 aromatic rings. The number of methoxy groups -OCH3 is 1. The lowest BCUT2D eigenvalue weighted by Gasteiger charge is -2.33. The number of carbonyl (C=O) groups is 1. The third-order valence-corrected chi connectivity index (χ3v) is 9.07. The van der Waals surface area contributed by atoms with E-state index in [0.717, 1.165) is 16.3 Å². The first kappa shape index (κ1) is 21.1. The van der Waals surface area contributed by atoms with E-state index >= 15 is 0 Å². The number of hydrogen-bond donors (Lipinski definition) is 0. The molecule has 0 bridgehead atoms. The number of fused-ring (bicyclic) bond motifs is 2. The topological polar surface area (TPSA) is 79.8 Å². The fourth-order valence-corrected chi connectivity index (χ4v) is 7.44. The molecule has 1 spiro atoms. The molecular weight excluding hydrogens is 446 g/mol. The van der Waals surface area contributed by atoms with Crippen LogP contribution in [0.3, 0.4) is 0 Å². The summed E-state index contributed by atoms with van der Waals surface area (Å²) in [6, 6.07) is 14.2. The van der Waals surface area contributed by atoms with E-state index in [9.17, 15) is 13.2 Å². The number of aryl methyl sites for hydroxylation is 1. The molecule has 1 atom stereocenters. The van der Waals surface area contributed by atoms with E-state index in [0.29, 0.717) is 29.2 Å². The SMILES string of the molecule is COc1ccccc1C(=O)N1CC[C@]2(C1)c1ccccc1S(=O)(=O)N2Cc1csc(C)n1. The van der Waals surface area contributed by atoms with Gasteiger partial charge in [-0.2, -0.15) is 4.31 Å². The molecule has 0 aliphatic carbocycles. The van der Waals surface area contributed by atoms with E-state index in [-0.39, 0.29) is 19.0 Å². The Balaban J connectivity index is 1.56. The van der Waals surface area contributed by atoms with Crippen LogP contribution in [0.15, 0.2) is 58.8 Å². The molecule has 3 heterocycles. The Morgan fingerprint density at radius 3 is 2.69 bits per heavy atom. The summed E-state index contributed by atoms with van der Waals surface area (Å²) in [7, 11) is -2.18. The highest BCUT2D eigenvalue weighted by molar-refractivity contribution is 7.89. The number of para-hydroxylation sites is 1. The predicted octanol–water partition coefficient (Wildman–Crippen LogP) is 3.41. The van der Waals surface area contributed by atoms with Crippen molar-refractivity contribution >= 4 is 27.3 Å². The first-order valence-corrected chi connectivity index (χ1v) is 12.6. The van der Waals surface area contributed by atoms with Gasteiger partial charge in [0.15, 0.2) is 0 Å². The van der Waals surface area contributed by atoms with Crippen LogP contribution in [0.25, 0.3) is 0 Å². The number of amides is 1. The maximum atomic E-state index is 13.6. The van der Waals surface area contributed by atoms with E-state index in [1.54, 1.807) is 39.5 Å². The summed E-state index contributed by atoms with van der Waals surface area (Å²) in [5.74, 6) is 0.346. The molecule has 0 radical (unpaired) electrons. The van der Waals surface area contributed by atoms with Crippen LogP contribution in [-0.2, 0) is 22.1 Å². The van der Waals surface area contributed by atoms with E-state index < -0.39 is 15.6 Å². The van der Waals surface area contributed by atoms with Crippen molar-refractivity contribution in [3.8, 4) is 5.75 Å². The van der Waals surface area contributed by atoms with Crippen LogP contribution in [0.5, 0.6) is 5.75 Å². The zero-order valence-electron chi connectivity index (χ0n) is 17.8.